The Kier molecular flexibility index (Phi) is 2.06. The maximum absolute atomic E-state index is 10.8. The van der Waals surface area contributed by atoms with Crippen molar-refractivity contribution >= 4 is 5.91 Å². The van der Waals surface area contributed by atoms with Gasteiger partial charge in [0.05, 0.1) is 0 Å². The molecule has 2 rings (SSSR count). The first kappa shape index (κ1) is 9.00. The second-order valence-corrected chi connectivity index (χ2v) is 4.71. The van der Waals surface area contributed by atoms with Crippen LogP contribution in [-0.2, 0) is 4.79 Å². The molecule has 1 spiro atoms. The maximum atomic E-state index is 10.8. The van der Waals surface area contributed by atoms with E-state index >= 15 is 0 Å². The first-order valence-corrected chi connectivity index (χ1v) is 5.06. The Morgan fingerprint density at radius 3 is 2.77 bits per heavy atom. The second-order valence-electron chi connectivity index (χ2n) is 4.71. The van der Waals surface area contributed by atoms with Gasteiger partial charge in [-0.1, -0.05) is 0 Å². The Labute approximate surface area is 79.5 Å². The molecule has 1 unspecified atom stereocenters. The van der Waals surface area contributed by atoms with Crippen LogP contribution in [0.2, 0.25) is 0 Å². The predicted molar refractivity (Wildman–Crippen MR) is 51.4 cm³/mol. The summed E-state index contributed by atoms with van der Waals surface area (Å²) < 4.78 is 0. The van der Waals surface area contributed by atoms with Crippen LogP contribution in [0.4, 0.5) is 0 Å². The van der Waals surface area contributed by atoms with Gasteiger partial charge in [-0.25, -0.2) is 0 Å². The third-order valence-electron chi connectivity index (χ3n) is 3.42. The Balaban J connectivity index is 1.83. The van der Waals surface area contributed by atoms with Crippen molar-refractivity contribution in [2.75, 3.05) is 20.1 Å². The van der Waals surface area contributed by atoms with Crippen LogP contribution >= 0.6 is 0 Å². The number of nitrogens with zero attached hydrogens (tertiary/aromatic N) is 1. The van der Waals surface area contributed by atoms with Gasteiger partial charge in [-0.05, 0) is 31.7 Å². The van der Waals surface area contributed by atoms with Gasteiger partial charge >= 0.3 is 0 Å². The molecule has 1 aliphatic heterocycles. The monoisotopic (exact) mass is 182 g/mol. The molecule has 13 heavy (non-hydrogen) atoms. The van der Waals surface area contributed by atoms with E-state index in [1.54, 1.807) is 6.92 Å². The zero-order valence-corrected chi connectivity index (χ0v) is 8.47. The average Bonchev–Trinajstić information content (AvgIpc) is 2.69. The summed E-state index contributed by atoms with van der Waals surface area (Å²) in [6.45, 7) is 3.65. The fraction of sp³-hybridized carbons (Fsp3) is 0.900. The van der Waals surface area contributed by atoms with Gasteiger partial charge in [0.1, 0.15) is 0 Å². The fourth-order valence-corrected chi connectivity index (χ4v) is 2.41. The minimum Gasteiger partial charge on any atom is -0.355 e. The molecule has 0 aromatic rings. The largest absolute Gasteiger partial charge is 0.355 e. The van der Waals surface area contributed by atoms with Crippen molar-refractivity contribution in [2.24, 2.45) is 5.41 Å². The SMILES string of the molecule is CC(=O)NCC1CC2(CC2)CN1C. The molecule has 1 atom stereocenters. The Morgan fingerprint density at radius 2 is 2.31 bits per heavy atom. The summed E-state index contributed by atoms with van der Waals surface area (Å²) in [5.74, 6) is 0.0881. The van der Waals surface area contributed by atoms with E-state index < -0.39 is 0 Å². The van der Waals surface area contributed by atoms with Crippen molar-refractivity contribution in [3.63, 3.8) is 0 Å². The zero-order valence-electron chi connectivity index (χ0n) is 8.47. The van der Waals surface area contributed by atoms with Crippen LogP contribution in [0, 0.1) is 5.41 Å². The van der Waals surface area contributed by atoms with Crippen molar-refractivity contribution in [1.29, 1.82) is 0 Å². The van der Waals surface area contributed by atoms with Crippen LogP contribution in [-0.4, -0.2) is 37.0 Å². The summed E-state index contributed by atoms with van der Waals surface area (Å²) in [6.07, 6.45) is 4.08. The molecule has 1 heterocycles. The number of likely N-dealkylation sites (N-methyl/N-ethyl adjacent to an activating group) is 1. The molecular weight excluding hydrogens is 164 g/mol. The van der Waals surface area contributed by atoms with E-state index in [0.717, 1.165) is 6.54 Å². The van der Waals surface area contributed by atoms with Crippen LogP contribution in [0.25, 0.3) is 0 Å². The molecule has 0 radical (unpaired) electrons. The average molecular weight is 182 g/mol. The maximum Gasteiger partial charge on any atom is 0.216 e. The van der Waals surface area contributed by atoms with Crippen molar-refractivity contribution in [1.82, 2.24) is 10.2 Å². The van der Waals surface area contributed by atoms with Crippen LogP contribution < -0.4 is 5.32 Å². The van der Waals surface area contributed by atoms with Crippen LogP contribution in [0.5, 0.6) is 0 Å². The molecule has 3 heteroatoms. The number of carbonyl (C=O) groups excluding carboxylic acids is 1. The molecule has 3 nitrogen and oxygen atoms in total. The minimum atomic E-state index is 0.0881. The lowest BCUT2D eigenvalue weighted by Crippen LogP contribution is -2.37. The Bertz CT molecular complexity index is 223. The summed E-state index contributed by atoms with van der Waals surface area (Å²) in [4.78, 5) is 13.1. The van der Waals surface area contributed by atoms with Crippen LogP contribution in [0.1, 0.15) is 26.2 Å². The standard InChI is InChI=1S/C10H18N2O/c1-8(13)11-6-9-5-10(3-4-10)7-12(9)2/h9H,3-7H2,1-2H3,(H,11,13). The van der Waals surface area contributed by atoms with E-state index in [1.165, 1.54) is 25.8 Å². The molecule has 0 aromatic carbocycles. The fourth-order valence-electron chi connectivity index (χ4n) is 2.41. The van der Waals surface area contributed by atoms with Crippen molar-refractivity contribution in [2.45, 2.75) is 32.2 Å². The number of likely N-dealkylation sites (tertiary alicyclic amines) is 1. The summed E-state index contributed by atoms with van der Waals surface area (Å²) in [7, 11) is 2.17. The molecule has 1 saturated heterocycles. The molecule has 0 aromatic heterocycles. The van der Waals surface area contributed by atoms with Gasteiger partial charge in [0, 0.05) is 26.1 Å². The predicted octanol–water partition coefficient (Wildman–Crippen LogP) is 0.607. The van der Waals surface area contributed by atoms with Crippen molar-refractivity contribution in [3.8, 4) is 0 Å². The van der Waals surface area contributed by atoms with Gasteiger partial charge in [0.15, 0.2) is 0 Å². The first-order valence-electron chi connectivity index (χ1n) is 5.06. The molecule has 74 valence electrons. The highest BCUT2D eigenvalue weighted by Gasteiger charge is 2.50. The molecule has 2 fully saturated rings. The lowest BCUT2D eigenvalue weighted by molar-refractivity contribution is -0.119. The molecular formula is C10H18N2O. The lowest BCUT2D eigenvalue weighted by Gasteiger charge is -2.18. The van der Waals surface area contributed by atoms with Gasteiger partial charge < -0.3 is 10.2 Å². The minimum absolute atomic E-state index is 0.0881. The molecule has 1 N–H and O–H groups in total. The van der Waals surface area contributed by atoms with E-state index in [1.807, 2.05) is 0 Å². The van der Waals surface area contributed by atoms with Crippen molar-refractivity contribution < 1.29 is 4.79 Å². The number of amides is 1. The van der Waals surface area contributed by atoms with Gasteiger partial charge in [0.2, 0.25) is 5.91 Å². The molecule has 1 amide bonds. The molecule has 1 aliphatic carbocycles. The summed E-state index contributed by atoms with van der Waals surface area (Å²) in [5.41, 5.74) is 0.651. The molecule has 1 saturated carbocycles. The van der Waals surface area contributed by atoms with Gasteiger partial charge in [0.25, 0.3) is 0 Å². The van der Waals surface area contributed by atoms with E-state index in [0.29, 0.717) is 11.5 Å². The summed E-state index contributed by atoms with van der Waals surface area (Å²) in [5, 5.41) is 2.90. The second kappa shape index (κ2) is 2.98. The smallest absolute Gasteiger partial charge is 0.216 e. The highest BCUT2D eigenvalue weighted by molar-refractivity contribution is 5.72. The van der Waals surface area contributed by atoms with E-state index in [-0.39, 0.29) is 5.91 Å². The number of hydrogen-bond donors (Lipinski definition) is 1. The summed E-state index contributed by atoms with van der Waals surface area (Å²) >= 11 is 0. The normalized spacial score (nSPS) is 30.8. The van der Waals surface area contributed by atoms with E-state index in [9.17, 15) is 4.79 Å². The van der Waals surface area contributed by atoms with Crippen LogP contribution in [0.3, 0.4) is 0 Å². The van der Waals surface area contributed by atoms with E-state index in [2.05, 4.69) is 17.3 Å². The zero-order chi connectivity index (χ0) is 9.47. The van der Waals surface area contributed by atoms with E-state index in [4.69, 9.17) is 0 Å². The number of nitrogens with one attached hydrogen (secondary N) is 1. The Morgan fingerprint density at radius 1 is 1.62 bits per heavy atom. The highest BCUT2D eigenvalue weighted by Crippen LogP contribution is 2.54. The molecule has 2 aliphatic rings. The summed E-state index contributed by atoms with van der Waals surface area (Å²) in [6, 6.07) is 0.575. The van der Waals surface area contributed by atoms with Gasteiger partial charge in [-0.2, -0.15) is 0 Å². The number of carbonyl (C=O) groups is 1. The number of hydrogen-bond acceptors (Lipinski definition) is 2. The Hall–Kier alpha value is -0.570. The first-order chi connectivity index (χ1) is 6.11. The molecule has 0 bridgehead atoms. The third-order valence-corrected chi connectivity index (χ3v) is 3.42. The lowest BCUT2D eigenvalue weighted by atomic mass is 10.0. The topological polar surface area (TPSA) is 32.3 Å². The number of rotatable bonds is 2. The third kappa shape index (κ3) is 1.85. The van der Waals surface area contributed by atoms with Gasteiger partial charge in [-0.15, -0.1) is 0 Å². The van der Waals surface area contributed by atoms with Crippen molar-refractivity contribution in [3.05, 3.63) is 0 Å². The highest BCUT2D eigenvalue weighted by atomic mass is 16.1. The quantitative estimate of drug-likeness (QED) is 0.678. The van der Waals surface area contributed by atoms with Gasteiger partial charge in [-0.3, -0.25) is 4.79 Å². The van der Waals surface area contributed by atoms with Crippen LogP contribution in [0.15, 0.2) is 0 Å².